The second-order valence-corrected chi connectivity index (χ2v) is 18.2. The lowest BCUT2D eigenvalue weighted by molar-refractivity contribution is -0.307. The molecule has 6 N–H and O–H groups in total. The third kappa shape index (κ3) is 3.91. The van der Waals surface area contributed by atoms with E-state index in [4.69, 9.17) is 14.2 Å². The molecule has 44 heavy (non-hydrogen) atoms. The van der Waals surface area contributed by atoms with E-state index in [1.165, 1.54) is 0 Å². The summed E-state index contributed by atoms with van der Waals surface area (Å²) in [5.74, 6) is 0.265. The van der Waals surface area contributed by atoms with E-state index in [0.717, 1.165) is 38.5 Å². The van der Waals surface area contributed by atoms with Gasteiger partial charge in [0.1, 0.15) is 18.3 Å². The van der Waals surface area contributed by atoms with Gasteiger partial charge in [0.15, 0.2) is 6.29 Å². The van der Waals surface area contributed by atoms with Crippen LogP contribution in [0.1, 0.15) is 106 Å². The zero-order valence-electron chi connectivity index (χ0n) is 27.8. The van der Waals surface area contributed by atoms with E-state index in [-0.39, 0.29) is 46.2 Å². The number of hydrogen-bond acceptors (Lipinski definition) is 9. The Morgan fingerprint density at radius 2 is 1.39 bits per heavy atom. The van der Waals surface area contributed by atoms with Crippen LogP contribution in [-0.4, -0.2) is 97.5 Å². The first-order valence-electron chi connectivity index (χ1n) is 17.4. The Morgan fingerprint density at radius 3 is 2.07 bits per heavy atom. The largest absolute Gasteiger partial charge is 0.393 e. The van der Waals surface area contributed by atoms with Crippen LogP contribution in [0, 0.1) is 44.8 Å². The molecular formula is C35H58O9. The van der Waals surface area contributed by atoms with Crippen molar-refractivity contribution in [3.8, 4) is 0 Å². The van der Waals surface area contributed by atoms with Crippen molar-refractivity contribution in [2.24, 2.45) is 44.8 Å². The summed E-state index contributed by atoms with van der Waals surface area (Å²) in [6.07, 6.45) is 1.04. The molecule has 2 aliphatic heterocycles. The van der Waals surface area contributed by atoms with Crippen LogP contribution < -0.4 is 0 Å². The lowest BCUT2D eigenvalue weighted by Crippen LogP contribution is -2.64. The van der Waals surface area contributed by atoms with E-state index in [0.29, 0.717) is 25.2 Å². The summed E-state index contributed by atoms with van der Waals surface area (Å²) in [6.45, 7) is 15.1. The van der Waals surface area contributed by atoms with E-state index in [2.05, 4.69) is 34.6 Å². The molecule has 2 spiro atoms. The van der Waals surface area contributed by atoms with Crippen LogP contribution >= 0.6 is 0 Å². The van der Waals surface area contributed by atoms with Crippen molar-refractivity contribution in [3.05, 3.63) is 0 Å². The predicted octanol–water partition coefficient (Wildman–Crippen LogP) is 2.90. The van der Waals surface area contributed by atoms with Gasteiger partial charge in [0.05, 0.1) is 42.2 Å². The highest BCUT2D eigenvalue weighted by Crippen LogP contribution is 2.89. The first-order chi connectivity index (χ1) is 20.3. The average Bonchev–Trinajstić information content (AvgIpc) is 3.50. The number of hydrogen-bond donors (Lipinski definition) is 6. The minimum absolute atomic E-state index is 0.00512. The molecule has 5 saturated carbocycles. The van der Waals surface area contributed by atoms with Crippen LogP contribution in [0.2, 0.25) is 0 Å². The van der Waals surface area contributed by atoms with Crippen molar-refractivity contribution in [1.29, 1.82) is 0 Å². The fourth-order valence-electron chi connectivity index (χ4n) is 13.5. The van der Waals surface area contributed by atoms with Gasteiger partial charge in [-0.15, -0.1) is 0 Å². The van der Waals surface area contributed by atoms with E-state index < -0.39 is 59.5 Å². The zero-order chi connectivity index (χ0) is 32.0. The number of ether oxygens (including phenoxy) is 3. The molecule has 9 heteroatoms. The molecule has 0 unspecified atom stereocenters. The second kappa shape index (κ2) is 9.63. The maximum absolute atomic E-state index is 12.1. The van der Waals surface area contributed by atoms with Crippen molar-refractivity contribution in [2.45, 2.75) is 166 Å². The highest BCUT2D eigenvalue weighted by atomic mass is 16.7. The molecule has 9 nitrogen and oxygen atoms in total. The predicted molar refractivity (Wildman–Crippen MR) is 161 cm³/mol. The van der Waals surface area contributed by atoms with Gasteiger partial charge in [-0.2, -0.15) is 0 Å². The van der Waals surface area contributed by atoms with Crippen molar-refractivity contribution in [1.82, 2.24) is 0 Å². The van der Waals surface area contributed by atoms with Gasteiger partial charge in [-0.3, -0.25) is 0 Å². The number of rotatable bonds is 3. The standard InChI is InChI=1S/C35H58O9/c1-29(2)23(43-28-25(41)24(40)20(38)16-42-28)9-11-35-17-34(35)13-12-31(5)27(33(7)10-8-22(39)30(3,4)44-33)19(37)15-32(31,6)21(34)14-18(36)26(29)35/h18-28,36-41H,8-17H2,1-7H3/t18-,19-,20+,21+,22-,23-,24-,25+,26-,27-,28-,31+,32-,33+,34-,35+/m0/s1. The molecule has 0 aromatic carbocycles. The van der Waals surface area contributed by atoms with Crippen LogP contribution in [-0.2, 0) is 14.2 Å². The van der Waals surface area contributed by atoms with Gasteiger partial charge in [0.2, 0.25) is 0 Å². The van der Waals surface area contributed by atoms with E-state index >= 15 is 0 Å². The fraction of sp³-hybridized carbons (Fsp3) is 1.00. The van der Waals surface area contributed by atoms with Crippen LogP contribution in [0.5, 0.6) is 0 Å². The smallest absolute Gasteiger partial charge is 0.186 e. The second-order valence-electron chi connectivity index (χ2n) is 18.2. The van der Waals surface area contributed by atoms with Gasteiger partial charge in [-0.05, 0) is 117 Å². The molecule has 0 aromatic heterocycles. The topological polar surface area (TPSA) is 149 Å². The Labute approximate surface area is 262 Å². The Hall–Kier alpha value is -0.360. The van der Waals surface area contributed by atoms with Gasteiger partial charge in [0, 0.05) is 5.92 Å². The van der Waals surface area contributed by atoms with Crippen LogP contribution in [0.25, 0.3) is 0 Å². The Bertz CT molecular complexity index is 1160. The Kier molecular flexibility index (Phi) is 7.04. The SMILES string of the molecule is CC1(C)O[C@@](C)([C@H]2[C@@H](O)C[C@@]3(C)[C@H]4C[C@H](O)[C@H]5C(C)(C)[C@@H](O[C@@H]6OC[C@@H](O)[C@H](O)[C@H]6O)CC[C@@]56C[C@@]46CC[C@]23C)CC[C@@H]1O. The molecule has 5 aliphatic carbocycles. The summed E-state index contributed by atoms with van der Waals surface area (Å²) in [5, 5.41) is 65.5. The van der Waals surface area contributed by atoms with Gasteiger partial charge in [-0.1, -0.05) is 27.7 Å². The molecule has 0 bridgehead atoms. The van der Waals surface area contributed by atoms with Crippen molar-refractivity contribution in [3.63, 3.8) is 0 Å². The molecular weight excluding hydrogens is 564 g/mol. The summed E-state index contributed by atoms with van der Waals surface area (Å²) >= 11 is 0. The lowest BCUT2D eigenvalue weighted by Gasteiger charge is -2.65. The van der Waals surface area contributed by atoms with E-state index in [1.807, 2.05) is 13.8 Å². The third-order valence-electron chi connectivity index (χ3n) is 15.6. The molecule has 252 valence electrons. The molecule has 7 rings (SSSR count). The molecule has 16 atom stereocenters. The molecule has 0 radical (unpaired) electrons. The van der Waals surface area contributed by atoms with Crippen molar-refractivity contribution in [2.75, 3.05) is 6.61 Å². The van der Waals surface area contributed by atoms with Gasteiger partial charge < -0.3 is 44.8 Å². The molecule has 0 aromatic rings. The summed E-state index contributed by atoms with van der Waals surface area (Å²) in [6, 6.07) is 0. The molecule has 7 fully saturated rings. The van der Waals surface area contributed by atoms with Crippen LogP contribution in [0.3, 0.4) is 0 Å². The Morgan fingerprint density at radius 1 is 0.682 bits per heavy atom. The zero-order valence-corrected chi connectivity index (χ0v) is 27.8. The highest BCUT2D eigenvalue weighted by molar-refractivity contribution is 5.33. The first-order valence-corrected chi connectivity index (χ1v) is 17.4. The van der Waals surface area contributed by atoms with Gasteiger partial charge >= 0.3 is 0 Å². The van der Waals surface area contributed by atoms with E-state index in [9.17, 15) is 30.6 Å². The monoisotopic (exact) mass is 622 g/mol. The summed E-state index contributed by atoms with van der Waals surface area (Å²) in [5.41, 5.74) is -1.81. The normalized spacial score (nSPS) is 60.9. The van der Waals surface area contributed by atoms with Gasteiger partial charge in [-0.25, -0.2) is 0 Å². The van der Waals surface area contributed by atoms with Gasteiger partial charge in [0.25, 0.3) is 0 Å². The van der Waals surface area contributed by atoms with Crippen LogP contribution in [0.4, 0.5) is 0 Å². The summed E-state index contributed by atoms with van der Waals surface area (Å²) in [4.78, 5) is 0. The summed E-state index contributed by atoms with van der Waals surface area (Å²) in [7, 11) is 0. The highest BCUT2D eigenvalue weighted by Gasteiger charge is 2.85. The van der Waals surface area contributed by atoms with Crippen LogP contribution in [0.15, 0.2) is 0 Å². The molecule has 0 amide bonds. The maximum atomic E-state index is 12.1. The number of aliphatic hydroxyl groups excluding tert-OH is 6. The minimum Gasteiger partial charge on any atom is -0.393 e. The van der Waals surface area contributed by atoms with E-state index in [1.54, 1.807) is 0 Å². The quantitative estimate of drug-likeness (QED) is 0.261. The molecule has 2 heterocycles. The molecule has 2 saturated heterocycles. The average molecular weight is 623 g/mol. The fourth-order valence-corrected chi connectivity index (χ4v) is 13.5. The number of aliphatic hydroxyl groups is 6. The molecule has 7 aliphatic rings. The maximum Gasteiger partial charge on any atom is 0.186 e. The minimum atomic E-state index is -1.33. The number of fused-ring (bicyclic) bond motifs is 2. The third-order valence-corrected chi connectivity index (χ3v) is 15.6. The van der Waals surface area contributed by atoms with Crippen molar-refractivity contribution >= 4 is 0 Å². The van der Waals surface area contributed by atoms with Crippen molar-refractivity contribution < 1.29 is 44.8 Å². The summed E-state index contributed by atoms with van der Waals surface area (Å²) < 4.78 is 18.8. The Balaban J connectivity index is 1.16. The first kappa shape index (κ1) is 32.2. The lowest BCUT2D eigenvalue weighted by atomic mass is 9.41.